The van der Waals surface area contributed by atoms with Gasteiger partial charge < -0.3 is 0 Å². The van der Waals surface area contributed by atoms with Crippen LogP contribution < -0.4 is 0 Å². The molecule has 0 rings (SSSR count). The van der Waals surface area contributed by atoms with E-state index in [9.17, 15) is 12.9 Å². The molecule has 0 fully saturated rings. The fraction of sp³-hybridized carbons (Fsp3) is 1.00. The predicted molar refractivity (Wildman–Crippen MR) is 35.2 cm³/mol. The highest BCUT2D eigenvalue weighted by Gasteiger charge is 2.11. The zero-order valence-electron chi connectivity index (χ0n) is 3.72. The quantitative estimate of drug-likeness (QED) is 0.434. The third-order valence-electron chi connectivity index (χ3n) is 0. The summed E-state index contributed by atoms with van der Waals surface area (Å²) in [5, 5.41) is 0. The Bertz CT molecular complexity index is 52.6. The predicted octanol–water partition coefficient (Wildman–Crippen LogP) is 3.43. The van der Waals surface area contributed by atoms with Crippen molar-refractivity contribution in [1.29, 1.82) is 0 Å². The van der Waals surface area contributed by atoms with E-state index in [1.165, 1.54) is 0 Å². The van der Waals surface area contributed by atoms with Gasteiger partial charge in [0.15, 0.2) is 0 Å². The van der Waals surface area contributed by atoms with Crippen LogP contribution in [0, 0.1) is 0 Å². The van der Waals surface area contributed by atoms with Gasteiger partial charge in [0.1, 0.15) is 0 Å². The van der Waals surface area contributed by atoms with Crippen LogP contribution in [0.3, 0.4) is 0 Å². The Labute approximate surface area is 70.4 Å². The first kappa shape index (κ1) is 12.7. The third-order valence-corrected chi connectivity index (χ3v) is 0. The molecular weight excluding hydrogens is 222 g/mol. The average Bonchev–Trinajstić information content (AvgIpc) is 1.19. The van der Waals surface area contributed by atoms with Crippen LogP contribution in [0.1, 0.15) is 0 Å². The van der Waals surface area contributed by atoms with Crippen LogP contribution in [-0.2, 0) is 0 Å². The molecule has 0 saturated carbocycles. The van der Waals surface area contributed by atoms with Crippen molar-refractivity contribution in [1.82, 2.24) is 0 Å². The van der Waals surface area contributed by atoms with Crippen LogP contribution in [0.25, 0.3) is 0 Å². The molecule has 0 aliphatic rings. The first-order valence-electron chi connectivity index (χ1n) is 1.41. The normalized spacial score (nSPS) is 9.67. The molecule has 0 aromatic rings. The molecule has 0 unspecified atom stereocenters. The summed E-state index contributed by atoms with van der Waals surface area (Å²) in [4.78, 5) is 0. The Morgan fingerprint density at radius 1 is 0.889 bits per heavy atom. The standard InChI is InChI=1S/CCl4.BF3/c2-1(3,4)5;2-1(3)4. The van der Waals surface area contributed by atoms with Crippen LogP contribution >= 0.6 is 46.4 Å². The molecule has 0 aliphatic carbocycles. The van der Waals surface area contributed by atoms with Crippen molar-refractivity contribution in [2.24, 2.45) is 0 Å². The van der Waals surface area contributed by atoms with Crippen LogP contribution in [0.4, 0.5) is 12.9 Å². The smallest absolute Gasteiger partial charge is 0.254 e. The molecule has 0 aliphatic heterocycles. The van der Waals surface area contributed by atoms with Gasteiger partial charge in [0.2, 0.25) is 0 Å². The topological polar surface area (TPSA) is 0 Å². The zero-order valence-corrected chi connectivity index (χ0v) is 6.75. The average molecular weight is 222 g/mol. The highest BCUT2D eigenvalue weighted by atomic mass is 35.6. The van der Waals surface area contributed by atoms with E-state index in [-0.39, 0.29) is 0 Å². The van der Waals surface area contributed by atoms with Gasteiger partial charge in [0, 0.05) is 0 Å². The summed E-state index contributed by atoms with van der Waals surface area (Å²) >= 11 is 19.3. The molecule has 0 aromatic heterocycles. The van der Waals surface area contributed by atoms with Crippen LogP contribution in [0.2, 0.25) is 0 Å². The van der Waals surface area contributed by atoms with Crippen LogP contribution in [0.15, 0.2) is 0 Å². The summed E-state index contributed by atoms with van der Waals surface area (Å²) < 4.78 is 27.4. The van der Waals surface area contributed by atoms with Gasteiger partial charge in [-0.25, -0.2) is 0 Å². The molecule has 0 saturated heterocycles. The lowest BCUT2D eigenvalue weighted by molar-refractivity contribution is 0.535. The lowest BCUT2D eigenvalue weighted by Gasteiger charge is -1.91. The van der Waals surface area contributed by atoms with E-state index < -0.39 is 10.8 Å². The Kier molecular flexibility index (Phi) is 8.13. The largest absolute Gasteiger partial charge is 0.762 e. The summed E-state index contributed by atoms with van der Waals surface area (Å²) in [6, 6.07) is 0. The molecule has 0 heterocycles. The van der Waals surface area contributed by atoms with E-state index in [1.54, 1.807) is 0 Å². The first-order valence-corrected chi connectivity index (χ1v) is 2.92. The molecule has 0 atom stereocenters. The highest BCUT2D eigenvalue weighted by Crippen LogP contribution is 2.29. The molecule has 0 radical (unpaired) electrons. The number of hydrogen-bond donors (Lipinski definition) is 0. The van der Waals surface area contributed by atoms with E-state index in [0.29, 0.717) is 0 Å². The monoisotopic (exact) mass is 220 g/mol. The molecular formula is CBCl4F3. The molecule has 9 heavy (non-hydrogen) atoms. The highest BCUT2D eigenvalue weighted by molar-refractivity contribution is 6.83. The number of halogens is 7. The van der Waals surface area contributed by atoms with Crippen molar-refractivity contribution < 1.29 is 12.9 Å². The Hall–Kier alpha value is 1.01. The molecule has 0 spiro atoms. The second-order valence-corrected chi connectivity index (χ2v) is 4.10. The first-order chi connectivity index (χ1) is 3.73. The zero-order chi connectivity index (χ0) is 8.08. The molecule has 8 heteroatoms. The van der Waals surface area contributed by atoms with Crippen molar-refractivity contribution in [2.75, 3.05) is 0 Å². The maximum Gasteiger partial charge on any atom is 0.762 e. The van der Waals surface area contributed by atoms with Gasteiger partial charge in [-0.1, -0.05) is 46.4 Å². The van der Waals surface area contributed by atoms with Gasteiger partial charge in [-0.3, -0.25) is 12.9 Å². The number of hydrogen-bond acceptors (Lipinski definition) is 0. The molecule has 0 N–H and O–H groups in total. The molecule has 56 valence electrons. The van der Waals surface area contributed by atoms with E-state index in [1.807, 2.05) is 0 Å². The van der Waals surface area contributed by atoms with Gasteiger partial charge in [-0.2, -0.15) is 0 Å². The lowest BCUT2D eigenvalue weighted by Crippen LogP contribution is -1.81. The minimum atomic E-state index is -3.67. The van der Waals surface area contributed by atoms with Crippen molar-refractivity contribution in [3.63, 3.8) is 0 Å². The Morgan fingerprint density at radius 3 is 0.889 bits per heavy atom. The molecule has 0 amide bonds. The van der Waals surface area contributed by atoms with Crippen molar-refractivity contribution in [2.45, 2.75) is 3.25 Å². The van der Waals surface area contributed by atoms with E-state index in [4.69, 9.17) is 46.4 Å². The Morgan fingerprint density at radius 2 is 0.889 bits per heavy atom. The summed E-state index contributed by atoms with van der Waals surface area (Å²) in [5.41, 5.74) is 0. The second kappa shape index (κ2) is 5.77. The van der Waals surface area contributed by atoms with E-state index in [0.717, 1.165) is 0 Å². The minimum absolute atomic E-state index is 1.61. The summed E-state index contributed by atoms with van der Waals surface area (Å²) in [6.45, 7) is 0. The van der Waals surface area contributed by atoms with Gasteiger partial charge in [0.05, 0.1) is 0 Å². The Balaban J connectivity index is 0. The van der Waals surface area contributed by atoms with Gasteiger partial charge in [0.25, 0.3) is 3.25 Å². The van der Waals surface area contributed by atoms with Crippen molar-refractivity contribution in [3.8, 4) is 0 Å². The fourth-order valence-corrected chi connectivity index (χ4v) is 0. The van der Waals surface area contributed by atoms with E-state index >= 15 is 0 Å². The fourth-order valence-electron chi connectivity index (χ4n) is 0. The van der Waals surface area contributed by atoms with Gasteiger partial charge in [-0.15, -0.1) is 0 Å². The summed E-state index contributed by atoms with van der Waals surface area (Å²) in [6.07, 6.45) is 0. The van der Waals surface area contributed by atoms with Crippen LogP contribution in [-0.4, -0.2) is 10.8 Å². The van der Waals surface area contributed by atoms with Crippen LogP contribution in [0.5, 0.6) is 0 Å². The second-order valence-electron chi connectivity index (χ2n) is 0.676. The van der Waals surface area contributed by atoms with Crippen molar-refractivity contribution in [3.05, 3.63) is 0 Å². The number of alkyl halides is 4. The summed E-state index contributed by atoms with van der Waals surface area (Å²) in [5.74, 6) is 0. The molecule has 0 bridgehead atoms. The summed E-state index contributed by atoms with van der Waals surface area (Å²) in [7, 11) is -3.67. The minimum Gasteiger partial charge on any atom is -0.254 e. The lowest BCUT2D eigenvalue weighted by atomic mass is 10.5. The maximum atomic E-state index is 9.67. The SMILES string of the molecule is ClC(Cl)(Cl)Cl.FB(F)F. The van der Waals surface area contributed by atoms with Crippen molar-refractivity contribution >= 4 is 53.9 Å². The van der Waals surface area contributed by atoms with Gasteiger partial charge >= 0.3 is 7.54 Å². The third kappa shape index (κ3) is 431. The maximum absolute atomic E-state index is 9.67. The molecule has 0 aromatic carbocycles. The van der Waals surface area contributed by atoms with Gasteiger partial charge in [-0.05, 0) is 0 Å². The molecule has 0 nitrogen and oxygen atoms in total. The number of rotatable bonds is 0. The van der Waals surface area contributed by atoms with E-state index in [2.05, 4.69) is 0 Å².